The molecule has 134 valence electrons. The number of rotatable bonds is 5. The van der Waals surface area contributed by atoms with E-state index in [0.29, 0.717) is 6.04 Å². The molecular weight excluding hydrogens is 347 g/mol. The van der Waals surface area contributed by atoms with Gasteiger partial charge in [0, 0.05) is 41.9 Å². The number of hydrogen-bond acceptors (Lipinski definition) is 3. The molecular formula is C18H32Cl2N2S. The third-order valence-corrected chi connectivity index (χ3v) is 5.05. The maximum Gasteiger partial charge on any atom is 0.0360 e. The monoisotopic (exact) mass is 378 g/mol. The Morgan fingerprint density at radius 2 is 1.74 bits per heavy atom. The Morgan fingerprint density at radius 3 is 2.30 bits per heavy atom. The van der Waals surface area contributed by atoms with Gasteiger partial charge in [-0.05, 0) is 18.1 Å². The SMILES string of the molecule is CCC[C@H](c1ccccc1SC(C)(C)C)N1CCNCC1.Cl.Cl. The minimum Gasteiger partial charge on any atom is -0.314 e. The first kappa shape index (κ1) is 23.1. The molecule has 1 aromatic rings. The molecule has 1 aromatic carbocycles. The zero-order chi connectivity index (χ0) is 15.3. The van der Waals surface area contributed by atoms with Crippen molar-refractivity contribution >= 4 is 36.6 Å². The van der Waals surface area contributed by atoms with Gasteiger partial charge in [0.15, 0.2) is 0 Å². The van der Waals surface area contributed by atoms with E-state index < -0.39 is 0 Å². The largest absolute Gasteiger partial charge is 0.314 e. The molecule has 1 N–H and O–H groups in total. The lowest BCUT2D eigenvalue weighted by Gasteiger charge is -2.36. The molecule has 0 spiro atoms. The van der Waals surface area contributed by atoms with E-state index in [9.17, 15) is 0 Å². The highest BCUT2D eigenvalue weighted by Gasteiger charge is 2.25. The summed E-state index contributed by atoms with van der Waals surface area (Å²) in [5.41, 5.74) is 1.53. The first-order valence-electron chi connectivity index (χ1n) is 8.24. The van der Waals surface area contributed by atoms with Crippen LogP contribution in [0.4, 0.5) is 0 Å². The minimum atomic E-state index is 0. The van der Waals surface area contributed by atoms with Crippen molar-refractivity contribution in [3.63, 3.8) is 0 Å². The molecule has 1 aliphatic rings. The lowest BCUT2D eigenvalue weighted by atomic mass is 10.00. The van der Waals surface area contributed by atoms with Gasteiger partial charge in [-0.2, -0.15) is 0 Å². The first-order chi connectivity index (χ1) is 10.0. The molecule has 1 atom stereocenters. The second-order valence-corrected chi connectivity index (χ2v) is 8.71. The van der Waals surface area contributed by atoms with Gasteiger partial charge in [-0.1, -0.05) is 52.3 Å². The van der Waals surface area contributed by atoms with Crippen LogP contribution in [0.2, 0.25) is 0 Å². The highest BCUT2D eigenvalue weighted by molar-refractivity contribution is 8.00. The van der Waals surface area contributed by atoms with Crippen LogP contribution in [-0.4, -0.2) is 35.8 Å². The highest BCUT2D eigenvalue weighted by Crippen LogP contribution is 2.39. The third-order valence-electron chi connectivity index (χ3n) is 3.85. The molecule has 2 rings (SSSR count). The van der Waals surface area contributed by atoms with Gasteiger partial charge in [-0.15, -0.1) is 36.6 Å². The van der Waals surface area contributed by atoms with Gasteiger partial charge in [0.05, 0.1) is 0 Å². The Morgan fingerprint density at radius 1 is 1.13 bits per heavy atom. The van der Waals surface area contributed by atoms with Crippen LogP contribution in [0.15, 0.2) is 29.2 Å². The quantitative estimate of drug-likeness (QED) is 0.711. The topological polar surface area (TPSA) is 15.3 Å². The number of nitrogens with zero attached hydrogens (tertiary/aromatic N) is 1. The summed E-state index contributed by atoms with van der Waals surface area (Å²) in [5, 5.41) is 3.47. The predicted molar refractivity (Wildman–Crippen MR) is 109 cm³/mol. The van der Waals surface area contributed by atoms with E-state index in [1.165, 1.54) is 36.4 Å². The Hall–Kier alpha value is 0.0700. The maximum absolute atomic E-state index is 3.47. The van der Waals surface area contributed by atoms with Crippen LogP contribution < -0.4 is 5.32 Å². The van der Waals surface area contributed by atoms with Crippen molar-refractivity contribution in [3.8, 4) is 0 Å². The van der Waals surface area contributed by atoms with Crippen molar-refractivity contribution in [2.75, 3.05) is 26.2 Å². The van der Waals surface area contributed by atoms with Gasteiger partial charge >= 0.3 is 0 Å². The van der Waals surface area contributed by atoms with Gasteiger partial charge in [0.1, 0.15) is 0 Å². The number of nitrogens with one attached hydrogen (secondary N) is 1. The molecule has 1 heterocycles. The molecule has 2 nitrogen and oxygen atoms in total. The van der Waals surface area contributed by atoms with E-state index in [1.54, 1.807) is 0 Å². The van der Waals surface area contributed by atoms with Crippen molar-refractivity contribution in [2.24, 2.45) is 0 Å². The molecule has 0 saturated carbocycles. The number of benzene rings is 1. The Balaban J connectivity index is 0.00000242. The number of piperazine rings is 1. The van der Waals surface area contributed by atoms with Crippen LogP contribution in [0.1, 0.15) is 52.1 Å². The molecule has 1 aliphatic heterocycles. The van der Waals surface area contributed by atoms with E-state index in [4.69, 9.17) is 0 Å². The zero-order valence-electron chi connectivity index (χ0n) is 14.8. The number of hydrogen-bond donors (Lipinski definition) is 1. The molecule has 23 heavy (non-hydrogen) atoms. The molecule has 1 fully saturated rings. The lowest BCUT2D eigenvalue weighted by Crippen LogP contribution is -2.45. The van der Waals surface area contributed by atoms with Crippen molar-refractivity contribution < 1.29 is 0 Å². The summed E-state index contributed by atoms with van der Waals surface area (Å²) < 4.78 is 0.260. The summed E-state index contributed by atoms with van der Waals surface area (Å²) in [6.07, 6.45) is 2.49. The molecule has 1 saturated heterocycles. The molecule has 0 aliphatic carbocycles. The average molecular weight is 379 g/mol. The fraction of sp³-hybridized carbons (Fsp3) is 0.667. The average Bonchev–Trinajstić information content (AvgIpc) is 2.45. The van der Waals surface area contributed by atoms with Crippen LogP contribution in [0.5, 0.6) is 0 Å². The number of halogens is 2. The molecule has 0 bridgehead atoms. The maximum atomic E-state index is 3.47. The smallest absolute Gasteiger partial charge is 0.0360 e. The Labute approximate surface area is 159 Å². The van der Waals surface area contributed by atoms with Gasteiger partial charge in [-0.3, -0.25) is 4.90 Å². The molecule has 0 radical (unpaired) electrons. The van der Waals surface area contributed by atoms with Crippen LogP contribution in [0.3, 0.4) is 0 Å². The summed E-state index contributed by atoms with van der Waals surface area (Å²) in [5.74, 6) is 0. The normalized spacial score (nSPS) is 17.0. The molecule has 0 unspecified atom stereocenters. The van der Waals surface area contributed by atoms with E-state index in [1.807, 2.05) is 11.8 Å². The second kappa shape index (κ2) is 10.8. The third kappa shape index (κ3) is 7.23. The van der Waals surface area contributed by atoms with E-state index in [-0.39, 0.29) is 29.6 Å². The predicted octanol–water partition coefficient (Wildman–Crippen LogP) is 5.17. The van der Waals surface area contributed by atoms with Gasteiger partial charge in [0.2, 0.25) is 0 Å². The summed E-state index contributed by atoms with van der Waals surface area (Å²) in [6, 6.07) is 9.60. The van der Waals surface area contributed by atoms with Gasteiger partial charge in [0.25, 0.3) is 0 Å². The lowest BCUT2D eigenvalue weighted by molar-refractivity contribution is 0.163. The molecule has 5 heteroatoms. The van der Waals surface area contributed by atoms with Crippen LogP contribution in [0.25, 0.3) is 0 Å². The fourth-order valence-corrected chi connectivity index (χ4v) is 4.11. The minimum absolute atomic E-state index is 0. The van der Waals surface area contributed by atoms with Crippen LogP contribution >= 0.6 is 36.6 Å². The Kier molecular flexibility index (Phi) is 10.9. The summed E-state index contributed by atoms with van der Waals surface area (Å²) in [7, 11) is 0. The Bertz CT molecular complexity index is 443. The highest BCUT2D eigenvalue weighted by atomic mass is 35.5. The fourth-order valence-electron chi connectivity index (χ4n) is 2.98. The molecule has 0 amide bonds. The second-order valence-electron chi connectivity index (χ2n) is 6.84. The zero-order valence-corrected chi connectivity index (χ0v) is 17.3. The van der Waals surface area contributed by atoms with E-state index >= 15 is 0 Å². The summed E-state index contributed by atoms with van der Waals surface area (Å²) in [6.45, 7) is 13.8. The van der Waals surface area contributed by atoms with Crippen molar-refractivity contribution in [1.29, 1.82) is 0 Å². The molecule has 0 aromatic heterocycles. The summed E-state index contributed by atoms with van der Waals surface area (Å²) >= 11 is 2.00. The van der Waals surface area contributed by atoms with E-state index in [2.05, 4.69) is 62.2 Å². The van der Waals surface area contributed by atoms with Gasteiger partial charge < -0.3 is 5.32 Å². The van der Waals surface area contributed by atoms with E-state index in [0.717, 1.165) is 13.1 Å². The summed E-state index contributed by atoms with van der Waals surface area (Å²) in [4.78, 5) is 4.13. The van der Waals surface area contributed by atoms with Crippen molar-refractivity contribution in [3.05, 3.63) is 29.8 Å². The van der Waals surface area contributed by atoms with Gasteiger partial charge in [-0.25, -0.2) is 0 Å². The number of thioether (sulfide) groups is 1. The van der Waals surface area contributed by atoms with Crippen LogP contribution in [-0.2, 0) is 0 Å². The first-order valence-corrected chi connectivity index (χ1v) is 9.05. The van der Waals surface area contributed by atoms with Crippen LogP contribution in [0, 0.1) is 0 Å². The standard InChI is InChI=1S/C18H30N2S.2ClH/c1-5-8-16(20-13-11-19-12-14-20)15-9-6-7-10-17(15)21-18(2,3)4;;/h6-7,9-10,16,19H,5,8,11-14H2,1-4H3;2*1H/t16-;;/m1../s1. The van der Waals surface area contributed by atoms with Crippen molar-refractivity contribution in [2.45, 2.75) is 56.2 Å². The van der Waals surface area contributed by atoms with Crippen molar-refractivity contribution in [1.82, 2.24) is 10.2 Å².